The summed E-state index contributed by atoms with van der Waals surface area (Å²) in [7, 11) is 0. The van der Waals surface area contributed by atoms with E-state index in [2.05, 4.69) is 17.9 Å². The zero-order valence-electron chi connectivity index (χ0n) is 16.7. The van der Waals surface area contributed by atoms with Crippen molar-refractivity contribution in [2.24, 2.45) is 5.92 Å². The number of amides is 1. The minimum atomic E-state index is -0.862. The molecule has 1 aliphatic rings. The topological polar surface area (TPSA) is 103 Å². The molecule has 3 rings (SSSR count). The van der Waals surface area contributed by atoms with Crippen LogP contribution in [0.15, 0.2) is 36.4 Å². The Kier molecular flexibility index (Phi) is 7.45. The highest BCUT2D eigenvalue weighted by Gasteiger charge is 2.25. The molecule has 0 aromatic heterocycles. The second kappa shape index (κ2) is 10.3. The second-order valence-corrected chi connectivity index (χ2v) is 7.19. The number of fused-ring (bicyclic) bond motifs is 1. The highest BCUT2D eigenvalue weighted by molar-refractivity contribution is 7.81. The Morgan fingerprint density at radius 2 is 2.00 bits per heavy atom. The van der Waals surface area contributed by atoms with Gasteiger partial charge in [0.25, 0.3) is 0 Å². The van der Waals surface area contributed by atoms with E-state index < -0.39 is 29.7 Å². The van der Waals surface area contributed by atoms with Gasteiger partial charge in [-0.3, -0.25) is 10.1 Å². The first-order valence-corrected chi connectivity index (χ1v) is 10.1. The fraction of sp³-hybridized carbons (Fsp3) is 0.333. The van der Waals surface area contributed by atoms with Crippen molar-refractivity contribution >= 4 is 30.4 Å². The number of aromatic hydroxyl groups is 1. The molecule has 2 N–H and O–H groups in total. The third-order valence-corrected chi connectivity index (χ3v) is 4.89. The lowest BCUT2D eigenvalue weighted by Gasteiger charge is -2.25. The maximum Gasteiger partial charge on any atom is 0.412 e. The van der Waals surface area contributed by atoms with Gasteiger partial charge in [0, 0.05) is 17.7 Å². The molecular formula is C21H22FNO7S. The number of nitrogens with one attached hydrogen (secondary N) is 1. The number of ether oxygens (including phenoxy) is 4. The Balaban J connectivity index is 1.71. The lowest BCUT2D eigenvalue weighted by Crippen LogP contribution is -2.23. The van der Waals surface area contributed by atoms with Gasteiger partial charge in [-0.2, -0.15) is 12.6 Å². The number of phenolic OH excluding ortho intramolecular Hbond substituents is 1. The van der Waals surface area contributed by atoms with E-state index in [1.807, 2.05) is 0 Å². The van der Waals surface area contributed by atoms with Crippen LogP contribution in [0.1, 0.15) is 25.0 Å². The van der Waals surface area contributed by atoms with Gasteiger partial charge >= 0.3 is 12.1 Å². The van der Waals surface area contributed by atoms with Crippen LogP contribution in [0.4, 0.5) is 14.9 Å². The molecule has 1 amide bonds. The summed E-state index contributed by atoms with van der Waals surface area (Å²) in [5.41, 5.74) is 0.782. The molecule has 0 saturated heterocycles. The molecular weight excluding hydrogens is 429 g/mol. The van der Waals surface area contributed by atoms with Crippen LogP contribution in [0.2, 0.25) is 0 Å². The summed E-state index contributed by atoms with van der Waals surface area (Å²) >= 11 is 3.84. The first kappa shape index (κ1) is 22.5. The highest BCUT2D eigenvalue weighted by atomic mass is 32.1. The van der Waals surface area contributed by atoms with Gasteiger partial charge in [-0.05, 0) is 36.2 Å². The SMILES string of the molecule is C[C@@H](CCOC(=O)CS)[C@@H](OC(=O)Nc1ccc2c(c1)OCO2)c1ccc(O)c(F)c1. The van der Waals surface area contributed by atoms with E-state index in [4.69, 9.17) is 18.9 Å². The van der Waals surface area contributed by atoms with Crippen molar-refractivity contribution in [1.29, 1.82) is 0 Å². The van der Waals surface area contributed by atoms with Crippen LogP contribution >= 0.6 is 12.6 Å². The number of phenols is 1. The van der Waals surface area contributed by atoms with Crippen LogP contribution in [0.5, 0.6) is 17.2 Å². The number of hydrogen-bond acceptors (Lipinski definition) is 8. The minimum absolute atomic E-state index is 0.0462. The standard InChI is InChI=1S/C21H22FNO7S/c1-12(6-7-27-19(25)10-31)20(13-2-4-16(24)15(22)8-13)30-21(26)23-14-3-5-17-18(9-14)29-11-28-17/h2-5,8-9,12,20,24,31H,6-7,10-11H2,1H3,(H,23,26)/t12-,20+/m0/s1. The molecule has 8 nitrogen and oxygen atoms in total. The van der Waals surface area contributed by atoms with Gasteiger partial charge in [0.1, 0.15) is 6.10 Å². The van der Waals surface area contributed by atoms with E-state index in [0.717, 1.165) is 6.07 Å². The monoisotopic (exact) mass is 451 g/mol. The number of esters is 1. The minimum Gasteiger partial charge on any atom is -0.505 e. The normalized spacial score (nSPS) is 13.9. The number of thiol groups is 1. The summed E-state index contributed by atoms with van der Waals surface area (Å²) in [5, 5.41) is 12.1. The average molecular weight is 451 g/mol. The number of benzene rings is 2. The third kappa shape index (κ3) is 5.94. The van der Waals surface area contributed by atoms with Crippen LogP contribution in [0.25, 0.3) is 0 Å². The number of halogens is 1. The van der Waals surface area contributed by atoms with Gasteiger partial charge in [-0.15, -0.1) is 0 Å². The predicted octanol–water partition coefficient (Wildman–Crippen LogP) is 4.05. The number of carbonyl (C=O) groups excluding carboxylic acids is 2. The Morgan fingerprint density at radius 3 is 2.74 bits per heavy atom. The summed E-state index contributed by atoms with van der Waals surface area (Å²) in [6.45, 7) is 1.97. The van der Waals surface area contributed by atoms with Crippen LogP contribution in [0.3, 0.4) is 0 Å². The fourth-order valence-corrected chi connectivity index (χ4v) is 3.10. The van der Waals surface area contributed by atoms with E-state index in [9.17, 15) is 19.1 Å². The summed E-state index contributed by atoms with van der Waals surface area (Å²) in [5.74, 6) is -1.13. The molecule has 0 bridgehead atoms. The van der Waals surface area contributed by atoms with Crippen molar-refractivity contribution in [2.45, 2.75) is 19.4 Å². The number of anilines is 1. The van der Waals surface area contributed by atoms with Crippen LogP contribution in [-0.4, -0.2) is 36.3 Å². The number of rotatable bonds is 8. The van der Waals surface area contributed by atoms with Crippen molar-refractivity contribution in [3.63, 3.8) is 0 Å². The first-order valence-electron chi connectivity index (χ1n) is 9.49. The summed E-state index contributed by atoms with van der Waals surface area (Å²) < 4.78 is 35.0. The zero-order chi connectivity index (χ0) is 22.4. The molecule has 10 heteroatoms. The molecule has 2 atom stereocenters. The quantitative estimate of drug-likeness (QED) is 0.411. The van der Waals surface area contributed by atoms with Gasteiger partial charge in [0.05, 0.1) is 12.4 Å². The zero-order valence-corrected chi connectivity index (χ0v) is 17.6. The van der Waals surface area contributed by atoms with E-state index in [0.29, 0.717) is 29.2 Å². The van der Waals surface area contributed by atoms with E-state index in [1.165, 1.54) is 12.1 Å². The van der Waals surface area contributed by atoms with Crippen molar-refractivity contribution < 1.29 is 38.0 Å². The summed E-state index contributed by atoms with van der Waals surface area (Å²) in [4.78, 5) is 23.8. The summed E-state index contributed by atoms with van der Waals surface area (Å²) in [6.07, 6.45) is -1.28. The molecule has 166 valence electrons. The van der Waals surface area contributed by atoms with Crippen LogP contribution < -0.4 is 14.8 Å². The van der Waals surface area contributed by atoms with Gasteiger partial charge < -0.3 is 24.1 Å². The molecule has 0 aliphatic carbocycles. The van der Waals surface area contributed by atoms with Gasteiger partial charge in [0.2, 0.25) is 6.79 Å². The van der Waals surface area contributed by atoms with E-state index in [-0.39, 0.29) is 25.1 Å². The molecule has 1 heterocycles. The van der Waals surface area contributed by atoms with Crippen molar-refractivity contribution in [3.8, 4) is 17.2 Å². The lowest BCUT2D eigenvalue weighted by atomic mass is 9.94. The molecule has 1 aliphatic heterocycles. The molecule has 0 spiro atoms. The molecule has 2 aromatic rings. The molecule has 31 heavy (non-hydrogen) atoms. The molecule has 0 fully saturated rings. The van der Waals surface area contributed by atoms with Gasteiger partial charge in [0.15, 0.2) is 23.1 Å². The van der Waals surface area contributed by atoms with E-state index in [1.54, 1.807) is 25.1 Å². The Bertz CT molecular complexity index is 955. The molecule has 2 aromatic carbocycles. The van der Waals surface area contributed by atoms with E-state index >= 15 is 0 Å². The molecule has 0 radical (unpaired) electrons. The van der Waals surface area contributed by atoms with Crippen molar-refractivity contribution in [3.05, 3.63) is 47.8 Å². The predicted molar refractivity (Wildman–Crippen MR) is 112 cm³/mol. The largest absolute Gasteiger partial charge is 0.505 e. The van der Waals surface area contributed by atoms with Gasteiger partial charge in [-0.1, -0.05) is 13.0 Å². The third-order valence-electron chi connectivity index (χ3n) is 4.64. The number of hydrogen-bond donors (Lipinski definition) is 3. The lowest BCUT2D eigenvalue weighted by molar-refractivity contribution is -0.141. The smallest absolute Gasteiger partial charge is 0.412 e. The van der Waals surface area contributed by atoms with Crippen LogP contribution in [0, 0.1) is 11.7 Å². The van der Waals surface area contributed by atoms with Crippen molar-refractivity contribution in [1.82, 2.24) is 0 Å². The molecule has 0 unspecified atom stereocenters. The highest BCUT2D eigenvalue weighted by Crippen LogP contribution is 2.35. The Hall–Kier alpha value is -3.14. The van der Waals surface area contributed by atoms with Crippen LogP contribution in [-0.2, 0) is 14.3 Å². The first-order chi connectivity index (χ1) is 14.9. The fourth-order valence-electron chi connectivity index (χ4n) is 3.01. The maximum absolute atomic E-state index is 13.9. The second-order valence-electron chi connectivity index (χ2n) is 6.87. The average Bonchev–Trinajstić information content (AvgIpc) is 3.21. The van der Waals surface area contributed by atoms with Crippen molar-refractivity contribution in [2.75, 3.05) is 24.5 Å². The maximum atomic E-state index is 13.9. The Morgan fingerprint density at radius 1 is 1.23 bits per heavy atom. The summed E-state index contributed by atoms with van der Waals surface area (Å²) in [6, 6.07) is 8.63. The number of carbonyl (C=O) groups is 2. The van der Waals surface area contributed by atoms with Gasteiger partial charge in [-0.25, -0.2) is 9.18 Å². The molecule has 0 saturated carbocycles. The Labute approximate surface area is 183 Å².